The van der Waals surface area contributed by atoms with Crippen molar-refractivity contribution in [2.75, 3.05) is 7.11 Å². The van der Waals surface area contributed by atoms with Crippen molar-refractivity contribution in [1.82, 2.24) is 9.78 Å². The predicted octanol–water partition coefficient (Wildman–Crippen LogP) is 2.64. The topological polar surface area (TPSA) is 53.1 Å². The van der Waals surface area contributed by atoms with Gasteiger partial charge in [0.05, 0.1) is 25.0 Å². The van der Waals surface area contributed by atoms with E-state index in [0.29, 0.717) is 5.41 Å². The van der Waals surface area contributed by atoms with Crippen LogP contribution in [0.1, 0.15) is 50.3 Å². The standard InChI is InChI=1S/C16H25N3O/c1-19-14(13(20-2)9-18-19)15(17)16-6-10-3-11(7-16)5-12(4-10)8-16/h9-12,15H,3-8,17H2,1-2H3. The molecule has 4 bridgehead atoms. The van der Waals surface area contributed by atoms with E-state index in [1.165, 1.54) is 38.5 Å². The van der Waals surface area contributed by atoms with Gasteiger partial charge in [0.1, 0.15) is 0 Å². The first kappa shape index (κ1) is 12.7. The highest BCUT2D eigenvalue weighted by molar-refractivity contribution is 5.30. The van der Waals surface area contributed by atoms with Crippen molar-refractivity contribution in [1.29, 1.82) is 0 Å². The van der Waals surface area contributed by atoms with Gasteiger partial charge in [0, 0.05) is 7.05 Å². The summed E-state index contributed by atoms with van der Waals surface area (Å²) in [4.78, 5) is 0. The van der Waals surface area contributed by atoms with Gasteiger partial charge >= 0.3 is 0 Å². The fourth-order valence-corrected chi connectivity index (χ4v) is 5.79. The van der Waals surface area contributed by atoms with Crippen LogP contribution in [0.15, 0.2) is 6.20 Å². The first-order valence-electron chi connectivity index (χ1n) is 7.93. The lowest BCUT2D eigenvalue weighted by molar-refractivity contribution is -0.0692. The van der Waals surface area contributed by atoms with Gasteiger partial charge < -0.3 is 10.5 Å². The molecule has 2 N–H and O–H groups in total. The van der Waals surface area contributed by atoms with Crippen LogP contribution in [-0.2, 0) is 7.05 Å². The molecule has 0 amide bonds. The van der Waals surface area contributed by atoms with Crippen molar-refractivity contribution in [3.05, 3.63) is 11.9 Å². The maximum atomic E-state index is 6.77. The molecule has 4 nitrogen and oxygen atoms in total. The molecule has 0 saturated heterocycles. The van der Waals surface area contributed by atoms with E-state index in [9.17, 15) is 0 Å². The summed E-state index contributed by atoms with van der Waals surface area (Å²) in [5.41, 5.74) is 8.17. The lowest BCUT2D eigenvalue weighted by Gasteiger charge is -2.58. The number of rotatable bonds is 3. The van der Waals surface area contributed by atoms with Crippen molar-refractivity contribution >= 4 is 0 Å². The van der Waals surface area contributed by atoms with Crippen LogP contribution < -0.4 is 10.5 Å². The van der Waals surface area contributed by atoms with Gasteiger partial charge in [-0.1, -0.05) is 0 Å². The van der Waals surface area contributed by atoms with Gasteiger partial charge in [-0.15, -0.1) is 0 Å². The maximum Gasteiger partial charge on any atom is 0.161 e. The zero-order valence-corrected chi connectivity index (χ0v) is 12.5. The Morgan fingerprint density at radius 3 is 2.30 bits per heavy atom. The van der Waals surface area contributed by atoms with E-state index in [4.69, 9.17) is 10.5 Å². The first-order chi connectivity index (χ1) is 9.61. The van der Waals surface area contributed by atoms with Gasteiger partial charge in [-0.05, 0) is 61.7 Å². The van der Waals surface area contributed by atoms with Crippen LogP contribution in [-0.4, -0.2) is 16.9 Å². The number of hydrogen-bond acceptors (Lipinski definition) is 3. The Hall–Kier alpha value is -1.03. The summed E-state index contributed by atoms with van der Waals surface area (Å²) in [5, 5.41) is 4.35. The highest BCUT2D eigenvalue weighted by atomic mass is 16.5. The van der Waals surface area contributed by atoms with E-state index in [1.54, 1.807) is 13.3 Å². The molecule has 5 rings (SSSR count). The average molecular weight is 275 g/mol. The second-order valence-electron chi connectivity index (χ2n) is 7.48. The van der Waals surface area contributed by atoms with Gasteiger partial charge in [0.25, 0.3) is 0 Å². The zero-order valence-electron chi connectivity index (χ0n) is 12.5. The second kappa shape index (κ2) is 4.23. The fourth-order valence-electron chi connectivity index (χ4n) is 5.79. The smallest absolute Gasteiger partial charge is 0.161 e. The third-order valence-corrected chi connectivity index (χ3v) is 6.21. The number of nitrogens with zero attached hydrogens (tertiary/aromatic N) is 2. The monoisotopic (exact) mass is 275 g/mol. The Morgan fingerprint density at radius 2 is 1.80 bits per heavy atom. The van der Waals surface area contributed by atoms with Crippen molar-refractivity contribution < 1.29 is 4.74 Å². The molecular formula is C16H25N3O. The molecule has 1 aromatic rings. The van der Waals surface area contributed by atoms with Crippen molar-refractivity contribution in [2.45, 2.75) is 44.6 Å². The highest BCUT2D eigenvalue weighted by Crippen LogP contribution is 2.63. The normalized spacial score (nSPS) is 40.0. The molecule has 0 aromatic carbocycles. The maximum absolute atomic E-state index is 6.77. The van der Waals surface area contributed by atoms with E-state index in [1.807, 2.05) is 11.7 Å². The Bertz CT molecular complexity index is 487. The van der Waals surface area contributed by atoms with Crippen LogP contribution in [0.2, 0.25) is 0 Å². The molecule has 4 aliphatic rings. The molecule has 1 unspecified atom stereocenters. The quantitative estimate of drug-likeness (QED) is 0.922. The number of aromatic nitrogens is 2. The number of nitrogens with two attached hydrogens (primary N) is 1. The SMILES string of the molecule is COc1cnn(C)c1C(N)C12CC3CC(CC(C3)C1)C2. The van der Waals surface area contributed by atoms with Gasteiger partial charge in [-0.25, -0.2) is 0 Å². The van der Waals surface area contributed by atoms with Crippen LogP contribution in [0, 0.1) is 23.2 Å². The average Bonchev–Trinajstić information content (AvgIpc) is 2.77. The number of methoxy groups -OCH3 is 1. The molecule has 1 atom stereocenters. The molecular weight excluding hydrogens is 250 g/mol. The minimum atomic E-state index is 0.0679. The molecule has 4 saturated carbocycles. The van der Waals surface area contributed by atoms with Crippen molar-refractivity contribution in [3.63, 3.8) is 0 Å². The third-order valence-electron chi connectivity index (χ3n) is 6.21. The summed E-state index contributed by atoms with van der Waals surface area (Å²) >= 11 is 0. The van der Waals surface area contributed by atoms with Crippen LogP contribution in [0.25, 0.3) is 0 Å². The molecule has 1 heterocycles. The zero-order chi connectivity index (χ0) is 13.9. The van der Waals surface area contributed by atoms with Gasteiger partial charge in [-0.3, -0.25) is 4.68 Å². The van der Waals surface area contributed by atoms with Crippen LogP contribution in [0.5, 0.6) is 5.75 Å². The number of ether oxygens (including phenoxy) is 1. The van der Waals surface area contributed by atoms with Crippen LogP contribution >= 0.6 is 0 Å². The van der Waals surface area contributed by atoms with E-state index in [0.717, 1.165) is 29.2 Å². The van der Waals surface area contributed by atoms with E-state index < -0.39 is 0 Å². The highest BCUT2D eigenvalue weighted by Gasteiger charge is 2.54. The summed E-state index contributed by atoms with van der Waals surface area (Å²) in [6.45, 7) is 0. The molecule has 4 heteroatoms. The van der Waals surface area contributed by atoms with Crippen LogP contribution in [0.4, 0.5) is 0 Å². The van der Waals surface area contributed by atoms with Gasteiger partial charge in [0.2, 0.25) is 0 Å². The van der Waals surface area contributed by atoms with Gasteiger partial charge in [-0.2, -0.15) is 5.10 Å². The van der Waals surface area contributed by atoms with Crippen molar-refractivity contribution in [2.24, 2.45) is 36.0 Å². The molecule has 20 heavy (non-hydrogen) atoms. The molecule has 0 spiro atoms. The van der Waals surface area contributed by atoms with E-state index in [2.05, 4.69) is 5.10 Å². The lowest BCUT2D eigenvalue weighted by Crippen LogP contribution is -2.51. The fraction of sp³-hybridized carbons (Fsp3) is 0.812. The minimum Gasteiger partial charge on any atom is -0.493 e. The minimum absolute atomic E-state index is 0.0679. The summed E-state index contributed by atoms with van der Waals surface area (Å²) < 4.78 is 7.41. The Morgan fingerprint density at radius 1 is 1.25 bits per heavy atom. The third kappa shape index (κ3) is 1.67. The second-order valence-corrected chi connectivity index (χ2v) is 7.48. The van der Waals surface area contributed by atoms with Crippen LogP contribution in [0.3, 0.4) is 0 Å². The Kier molecular flexibility index (Phi) is 2.69. The lowest BCUT2D eigenvalue weighted by atomic mass is 9.47. The molecule has 4 aliphatic carbocycles. The molecule has 1 aromatic heterocycles. The molecule has 0 aliphatic heterocycles. The molecule has 110 valence electrons. The predicted molar refractivity (Wildman–Crippen MR) is 77.3 cm³/mol. The molecule has 0 radical (unpaired) electrons. The van der Waals surface area contributed by atoms with E-state index in [-0.39, 0.29) is 6.04 Å². The largest absolute Gasteiger partial charge is 0.493 e. The summed E-state index contributed by atoms with van der Waals surface area (Å²) in [7, 11) is 3.70. The van der Waals surface area contributed by atoms with Gasteiger partial charge in [0.15, 0.2) is 5.75 Å². The number of aryl methyl sites for hydroxylation is 1. The van der Waals surface area contributed by atoms with E-state index >= 15 is 0 Å². The molecule has 4 fully saturated rings. The summed E-state index contributed by atoms with van der Waals surface area (Å²) in [5.74, 6) is 3.63. The summed E-state index contributed by atoms with van der Waals surface area (Å²) in [6.07, 6.45) is 10.1. The first-order valence-corrected chi connectivity index (χ1v) is 7.93. The Balaban J connectivity index is 1.71. The Labute approximate surface area is 120 Å². The summed E-state index contributed by atoms with van der Waals surface area (Å²) in [6, 6.07) is 0.0679. The number of hydrogen-bond donors (Lipinski definition) is 1. The van der Waals surface area contributed by atoms with Crippen molar-refractivity contribution in [3.8, 4) is 5.75 Å².